The molecule has 1 amide bonds. The largest absolute Gasteiger partial charge is 0.464 e. The first-order chi connectivity index (χ1) is 9.33. The lowest BCUT2D eigenvalue weighted by Crippen LogP contribution is -2.22. The molecule has 2 aromatic carbocycles. The molecule has 0 aliphatic carbocycles. The Morgan fingerprint density at radius 2 is 1.89 bits per heavy atom. The molecule has 0 saturated carbocycles. The van der Waals surface area contributed by atoms with Gasteiger partial charge in [-0.1, -0.05) is 24.3 Å². The smallest absolute Gasteiger partial charge is 0.278 e. The maximum atomic E-state index is 12.1. The fraction of sp³-hybridized carbons (Fsp3) is 0. The molecule has 0 atom stereocenters. The monoisotopic (exact) mass is 247 g/mol. The fourth-order valence-corrected chi connectivity index (χ4v) is 2.46. The summed E-state index contributed by atoms with van der Waals surface area (Å²) in [6.45, 7) is 0. The Morgan fingerprint density at radius 1 is 1.00 bits per heavy atom. The van der Waals surface area contributed by atoms with E-state index in [1.165, 1.54) is 0 Å². The number of benzene rings is 2. The van der Waals surface area contributed by atoms with Gasteiger partial charge in [0.1, 0.15) is 5.58 Å². The molecule has 0 bridgehead atoms. The van der Waals surface area contributed by atoms with Crippen LogP contribution < -0.4 is 10.6 Å². The molecule has 0 unspecified atom stereocenters. The number of furan rings is 1. The van der Waals surface area contributed by atoms with Crippen LogP contribution in [0.25, 0.3) is 16.5 Å². The molecular weight excluding hydrogens is 238 g/mol. The number of amides is 1. The number of rotatable bonds is 1. The van der Waals surface area contributed by atoms with Gasteiger partial charge in [0.15, 0.2) is 0 Å². The average molecular weight is 247 g/mol. The lowest BCUT2D eigenvalue weighted by molar-refractivity contribution is -0.112. The van der Waals surface area contributed by atoms with Gasteiger partial charge < -0.3 is 4.42 Å². The molecule has 3 aromatic rings. The predicted molar refractivity (Wildman–Crippen MR) is 71.0 cm³/mol. The third-order valence-corrected chi connectivity index (χ3v) is 3.35. The van der Waals surface area contributed by atoms with Gasteiger partial charge in [-0.05, 0) is 29.8 Å². The number of carbonyl (C=O) groups is 1. The minimum atomic E-state index is -0.177. The standard InChI is InChI=1S/C16H9NO2/c18-16-15(12-3-1-2-4-13(12)17-16)11-5-6-14-10(9-11)7-8-19-14/h1-9H. The summed E-state index contributed by atoms with van der Waals surface area (Å²) in [5.41, 5.74) is 2.37. The third-order valence-electron chi connectivity index (χ3n) is 3.35. The van der Waals surface area contributed by atoms with Gasteiger partial charge in [-0.2, -0.15) is 0 Å². The highest BCUT2D eigenvalue weighted by Crippen LogP contribution is 2.22. The van der Waals surface area contributed by atoms with Crippen LogP contribution in [0.5, 0.6) is 0 Å². The summed E-state index contributed by atoms with van der Waals surface area (Å²) in [4.78, 5) is 16.2. The SMILES string of the molecule is O=C1N=c2ccccc2=C1c1ccc2occc2c1. The van der Waals surface area contributed by atoms with Crippen LogP contribution in [0.2, 0.25) is 0 Å². The second kappa shape index (κ2) is 3.65. The Bertz CT molecular complexity index is 935. The van der Waals surface area contributed by atoms with Gasteiger partial charge >= 0.3 is 0 Å². The average Bonchev–Trinajstić information content (AvgIpc) is 3.00. The summed E-state index contributed by atoms with van der Waals surface area (Å²) in [7, 11) is 0. The van der Waals surface area contributed by atoms with Crippen molar-refractivity contribution in [3.63, 3.8) is 0 Å². The first-order valence-electron chi connectivity index (χ1n) is 6.03. The summed E-state index contributed by atoms with van der Waals surface area (Å²) in [6, 6.07) is 15.2. The Morgan fingerprint density at radius 3 is 2.84 bits per heavy atom. The third kappa shape index (κ3) is 1.45. The van der Waals surface area contributed by atoms with E-state index in [2.05, 4.69) is 4.99 Å². The first kappa shape index (κ1) is 10.3. The van der Waals surface area contributed by atoms with Gasteiger partial charge in [0.05, 0.1) is 17.2 Å². The number of hydrogen-bond donors (Lipinski definition) is 0. The van der Waals surface area contributed by atoms with E-state index in [-0.39, 0.29) is 5.91 Å². The van der Waals surface area contributed by atoms with E-state index < -0.39 is 0 Å². The van der Waals surface area contributed by atoms with Gasteiger partial charge in [-0.25, -0.2) is 4.99 Å². The quantitative estimate of drug-likeness (QED) is 0.658. The number of carbonyl (C=O) groups excluding carboxylic acids is 1. The molecule has 2 heterocycles. The molecule has 0 spiro atoms. The van der Waals surface area contributed by atoms with Crippen LogP contribution in [-0.2, 0) is 4.79 Å². The summed E-state index contributed by atoms with van der Waals surface area (Å²) in [5.74, 6) is -0.177. The molecule has 1 aliphatic heterocycles. The molecule has 19 heavy (non-hydrogen) atoms. The van der Waals surface area contributed by atoms with Crippen molar-refractivity contribution in [2.45, 2.75) is 0 Å². The van der Waals surface area contributed by atoms with Crippen molar-refractivity contribution in [3.8, 4) is 0 Å². The van der Waals surface area contributed by atoms with E-state index in [1.807, 2.05) is 48.5 Å². The molecule has 1 aliphatic rings. The summed E-state index contributed by atoms with van der Waals surface area (Å²) in [5, 5.41) is 2.63. The maximum absolute atomic E-state index is 12.1. The molecule has 0 saturated heterocycles. The zero-order valence-corrected chi connectivity index (χ0v) is 9.96. The van der Waals surface area contributed by atoms with Crippen LogP contribution in [-0.4, -0.2) is 5.91 Å². The second-order valence-corrected chi connectivity index (χ2v) is 4.48. The second-order valence-electron chi connectivity index (χ2n) is 4.48. The van der Waals surface area contributed by atoms with E-state index >= 15 is 0 Å². The van der Waals surface area contributed by atoms with Crippen molar-refractivity contribution in [1.29, 1.82) is 0 Å². The van der Waals surface area contributed by atoms with Crippen LogP contribution in [0.3, 0.4) is 0 Å². The number of hydrogen-bond acceptors (Lipinski definition) is 2. The van der Waals surface area contributed by atoms with E-state index in [4.69, 9.17) is 4.42 Å². The van der Waals surface area contributed by atoms with Gasteiger partial charge in [-0.3, -0.25) is 4.79 Å². The molecule has 0 fully saturated rings. The molecular formula is C16H9NO2. The van der Waals surface area contributed by atoms with Crippen molar-refractivity contribution in [2.75, 3.05) is 0 Å². The number of fused-ring (bicyclic) bond motifs is 2. The predicted octanol–water partition coefficient (Wildman–Crippen LogP) is 1.79. The van der Waals surface area contributed by atoms with Crippen molar-refractivity contribution in [3.05, 3.63) is 70.9 Å². The van der Waals surface area contributed by atoms with Crippen LogP contribution in [0.15, 0.2) is 64.2 Å². The molecule has 0 N–H and O–H groups in total. The Labute approximate surface area is 108 Å². The Balaban J connectivity index is 2.07. The minimum Gasteiger partial charge on any atom is -0.464 e. The van der Waals surface area contributed by atoms with Crippen LogP contribution in [0.4, 0.5) is 0 Å². The number of para-hydroxylation sites is 1. The van der Waals surface area contributed by atoms with E-state index in [1.54, 1.807) is 6.26 Å². The summed E-state index contributed by atoms with van der Waals surface area (Å²) < 4.78 is 5.31. The molecule has 3 nitrogen and oxygen atoms in total. The van der Waals surface area contributed by atoms with Gasteiger partial charge in [0, 0.05) is 10.6 Å². The molecule has 4 rings (SSSR count). The molecule has 90 valence electrons. The van der Waals surface area contributed by atoms with Crippen LogP contribution in [0, 0.1) is 0 Å². The summed E-state index contributed by atoms with van der Waals surface area (Å²) in [6.07, 6.45) is 1.65. The Kier molecular flexibility index (Phi) is 1.97. The van der Waals surface area contributed by atoms with Crippen molar-refractivity contribution < 1.29 is 9.21 Å². The van der Waals surface area contributed by atoms with Crippen LogP contribution in [0.1, 0.15) is 5.56 Å². The van der Waals surface area contributed by atoms with Crippen LogP contribution >= 0.6 is 0 Å². The van der Waals surface area contributed by atoms with Gasteiger partial charge in [0.2, 0.25) is 0 Å². The molecule has 3 heteroatoms. The van der Waals surface area contributed by atoms with Crippen molar-refractivity contribution in [1.82, 2.24) is 0 Å². The zero-order chi connectivity index (χ0) is 12.8. The normalized spacial score (nSPS) is 13.7. The molecule has 1 aromatic heterocycles. The Hall–Kier alpha value is -2.68. The topological polar surface area (TPSA) is 42.6 Å². The van der Waals surface area contributed by atoms with E-state index in [0.29, 0.717) is 5.57 Å². The number of nitrogens with zero attached hydrogens (tertiary/aromatic N) is 1. The fourth-order valence-electron chi connectivity index (χ4n) is 2.46. The zero-order valence-electron chi connectivity index (χ0n) is 9.96. The first-order valence-corrected chi connectivity index (χ1v) is 6.03. The highest BCUT2D eigenvalue weighted by molar-refractivity contribution is 6.21. The summed E-state index contributed by atoms with van der Waals surface area (Å²) >= 11 is 0. The lowest BCUT2D eigenvalue weighted by Gasteiger charge is -2.00. The van der Waals surface area contributed by atoms with E-state index in [0.717, 1.165) is 27.1 Å². The van der Waals surface area contributed by atoms with Gasteiger partial charge in [0.25, 0.3) is 5.91 Å². The van der Waals surface area contributed by atoms with E-state index in [9.17, 15) is 4.79 Å². The van der Waals surface area contributed by atoms with Gasteiger partial charge in [-0.15, -0.1) is 0 Å². The highest BCUT2D eigenvalue weighted by Gasteiger charge is 2.18. The van der Waals surface area contributed by atoms with Crippen molar-refractivity contribution >= 4 is 22.4 Å². The van der Waals surface area contributed by atoms with Crippen molar-refractivity contribution in [2.24, 2.45) is 4.99 Å². The lowest BCUT2D eigenvalue weighted by atomic mass is 10.0. The maximum Gasteiger partial charge on any atom is 0.278 e. The molecule has 0 radical (unpaired) electrons. The minimum absolute atomic E-state index is 0.177. The highest BCUT2D eigenvalue weighted by atomic mass is 16.3.